The van der Waals surface area contributed by atoms with Crippen molar-refractivity contribution in [2.24, 2.45) is 0 Å². The van der Waals surface area contributed by atoms with Crippen molar-refractivity contribution in [3.63, 3.8) is 0 Å². The fourth-order valence-corrected chi connectivity index (χ4v) is 3.26. The summed E-state index contributed by atoms with van der Waals surface area (Å²) in [5, 5.41) is 10.8. The molecule has 3 rings (SSSR count). The number of carbonyl (C=O) groups is 2. The summed E-state index contributed by atoms with van der Waals surface area (Å²) in [5.74, 6) is -1.45. The summed E-state index contributed by atoms with van der Waals surface area (Å²) < 4.78 is 0. The third kappa shape index (κ3) is 3.88. The lowest BCUT2D eigenvalue weighted by Gasteiger charge is -2.25. The van der Waals surface area contributed by atoms with E-state index in [1.165, 1.54) is 22.2 Å². The van der Waals surface area contributed by atoms with Crippen LogP contribution in [-0.4, -0.2) is 58.8 Å². The van der Waals surface area contributed by atoms with E-state index in [1.807, 2.05) is 20.2 Å². The lowest BCUT2D eigenvalue weighted by atomic mass is 9.96. The zero-order valence-corrected chi connectivity index (χ0v) is 15.4. The molecule has 1 saturated heterocycles. The van der Waals surface area contributed by atoms with Gasteiger partial charge in [0, 0.05) is 43.3 Å². The molecule has 1 aliphatic heterocycles. The van der Waals surface area contributed by atoms with Gasteiger partial charge in [0.2, 0.25) is 0 Å². The standard InChI is InChI=1S/C20H22N4O3/c1-23(2)11-4-12-24-17(15-5-3-8-22-13-15)16(19(26)20(24)27)18(25)14-6-9-21-10-7-14/h3,5-10,13,17,25H,4,11-12H2,1-2H3/p+1/b18-16-/t17-/m0/s1. The minimum atomic E-state index is -0.671. The molecule has 1 fully saturated rings. The number of nitrogens with one attached hydrogen (secondary N) is 1. The summed E-state index contributed by atoms with van der Waals surface area (Å²) >= 11 is 0. The summed E-state index contributed by atoms with van der Waals surface area (Å²) in [6, 6.07) is 6.14. The molecule has 2 aromatic rings. The predicted molar refractivity (Wildman–Crippen MR) is 99.8 cm³/mol. The summed E-state index contributed by atoms with van der Waals surface area (Å²) in [7, 11) is 4.08. The van der Waals surface area contributed by atoms with Crippen LogP contribution in [0.2, 0.25) is 0 Å². The summed E-state index contributed by atoms with van der Waals surface area (Å²) in [6.07, 6.45) is 7.07. The van der Waals surface area contributed by atoms with Gasteiger partial charge in [-0.3, -0.25) is 19.6 Å². The molecule has 2 aromatic heterocycles. The molecule has 7 heteroatoms. The van der Waals surface area contributed by atoms with E-state index in [2.05, 4.69) is 9.97 Å². The van der Waals surface area contributed by atoms with Crippen LogP contribution in [0.25, 0.3) is 5.76 Å². The molecular weight excluding hydrogens is 344 g/mol. The first-order valence-corrected chi connectivity index (χ1v) is 8.88. The number of hydrogen-bond donors (Lipinski definition) is 2. The summed E-state index contributed by atoms with van der Waals surface area (Å²) in [5.41, 5.74) is 1.25. The van der Waals surface area contributed by atoms with Gasteiger partial charge in [-0.15, -0.1) is 0 Å². The number of quaternary nitrogens is 1. The number of aromatic nitrogens is 2. The highest BCUT2D eigenvalue weighted by molar-refractivity contribution is 6.46. The van der Waals surface area contributed by atoms with Crippen LogP contribution in [0.1, 0.15) is 23.6 Å². The van der Waals surface area contributed by atoms with Crippen LogP contribution in [0.4, 0.5) is 0 Å². The molecule has 0 radical (unpaired) electrons. The first-order valence-electron chi connectivity index (χ1n) is 8.88. The summed E-state index contributed by atoms with van der Waals surface area (Å²) in [4.78, 5) is 36.3. The number of likely N-dealkylation sites (tertiary alicyclic amines) is 1. The molecule has 0 unspecified atom stereocenters. The fourth-order valence-electron chi connectivity index (χ4n) is 3.26. The number of aliphatic hydroxyl groups is 1. The molecule has 0 aromatic carbocycles. The predicted octanol–water partition coefficient (Wildman–Crippen LogP) is 0.433. The van der Waals surface area contributed by atoms with Gasteiger partial charge in [0.05, 0.1) is 32.3 Å². The van der Waals surface area contributed by atoms with E-state index in [1.54, 1.807) is 30.6 Å². The maximum absolute atomic E-state index is 12.8. The van der Waals surface area contributed by atoms with Crippen molar-refractivity contribution >= 4 is 17.4 Å². The highest BCUT2D eigenvalue weighted by Gasteiger charge is 2.45. The third-order valence-corrected chi connectivity index (χ3v) is 4.57. The number of pyridine rings is 2. The Hall–Kier alpha value is -3.06. The van der Waals surface area contributed by atoms with Gasteiger partial charge < -0.3 is 14.9 Å². The highest BCUT2D eigenvalue weighted by atomic mass is 16.3. The zero-order chi connectivity index (χ0) is 19.4. The second kappa shape index (κ2) is 8.09. The molecule has 7 nitrogen and oxygen atoms in total. The molecule has 0 spiro atoms. The lowest BCUT2D eigenvalue weighted by Crippen LogP contribution is -3.05. The second-order valence-corrected chi connectivity index (χ2v) is 6.83. The van der Waals surface area contributed by atoms with Gasteiger partial charge in [0.1, 0.15) is 5.76 Å². The zero-order valence-electron chi connectivity index (χ0n) is 15.4. The largest absolute Gasteiger partial charge is 0.507 e. The topological polar surface area (TPSA) is 87.8 Å². The molecule has 0 saturated carbocycles. The van der Waals surface area contributed by atoms with E-state index < -0.39 is 17.7 Å². The van der Waals surface area contributed by atoms with Crippen molar-refractivity contribution in [1.29, 1.82) is 0 Å². The first-order chi connectivity index (χ1) is 13.0. The van der Waals surface area contributed by atoms with Gasteiger partial charge in [0.15, 0.2) is 0 Å². The second-order valence-electron chi connectivity index (χ2n) is 6.83. The van der Waals surface area contributed by atoms with E-state index in [0.717, 1.165) is 13.0 Å². The third-order valence-electron chi connectivity index (χ3n) is 4.57. The average molecular weight is 367 g/mol. The Morgan fingerprint density at radius 3 is 2.52 bits per heavy atom. The van der Waals surface area contributed by atoms with Crippen LogP contribution >= 0.6 is 0 Å². The number of Topliss-reactive ketones (excluding diaryl/α,β-unsaturated/α-hetero) is 1. The van der Waals surface area contributed by atoms with Crippen molar-refractivity contribution in [2.75, 3.05) is 27.2 Å². The van der Waals surface area contributed by atoms with Crippen molar-refractivity contribution in [2.45, 2.75) is 12.5 Å². The number of hydrogen-bond acceptors (Lipinski definition) is 5. The van der Waals surface area contributed by atoms with Crippen molar-refractivity contribution < 1.29 is 19.6 Å². The van der Waals surface area contributed by atoms with E-state index >= 15 is 0 Å². The number of ketones is 1. The monoisotopic (exact) mass is 367 g/mol. The Balaban J connectivity index is 2.05. The van der Waals surface area contributed by atoms with Crippen LogP contribution in [0, 0.1) is 0 Å². The molecule has 27 heavy (non-hydrogen) atoms. The van der Waals surface area contributed by atoms with Gasteiger partial charge >= 0.3 is 0 Å². The van der Waals surface area contributed by atoms with Crippen LogP contribution < -0.4 is 4.90 Å². The fraction of sp³-hybridized carbons (Fsp3) is 0.300. The number of carbonyl (C=O) groups excluding carboxylic acids is 2. The molecule has 2 N–H and O–H groups in total. The van der Waals surface area contributed by atoms with E-state index in [9.17, 15) is 14.7 Å². The number of amides is 1. The minimum Gasteiger partial charge on any atom is -0.507 e. The molecule has 0 bridgehead atoms. The quantitative estimate of drug-likeness (QED) is 0.439. The van der Waals surface area contributed by atoms with Crippen LogP contribution in [0.15, 0.2) is 54.6 Å². The van der Waals surface area contributed by atoms with E-state index in [4.69, 9.17) is 0 Å². The maximum Gasteiger partial charge on any atom is 0.295 e. The maximum atomic E-state index is 12.8. The van der Waals surface area contributed by atoms with Crippen molar-refractivity contribution in [3.8, 4) is 0 Å². The van der Waals surface area contributed by atoms with E-state index in [0.29, 0.717) is 17.7 Å². The minimum absolute atomic E-state index is 0.0939. The normalized spacial score (nSPS) is 19.1. The molecule has 140 valence electrons. The Kier molecular flexibility index (Phi) is 5.61. The smallest absolute Gasteiger partial charge is 0.295 e. The van der Waals surface area contributed by atoms with Gasteiger partial charge in [-0.05, 0) is 23.8 Å². The van der Waals surface area contributed by atoms with Gasteiger partial charge in [0.25, 0.3) is 11.7 Å². The summed E-state index contributed by atoms with van der Waals surface area (Å²) in [6.45, 7) is 1.30. The molecule has 1 amide bonds. The molecule has 0 aliphatic carbocycles. The SMILES string of the molecule is C[NH+](C)CCCN1C(=O)C(=O)/C(=C(\O)c2ccncc2)[C@@H]1c1cccnc1. The molecule has 3 heterocycles. The lowest BCUT2D eigenvalue weighted by molar-refractivity contribution is -0.858. The Morgan fingerprint density at radius 1 is 1.15 bits per heavy atom. The van der Waals surface area contributed by atoms with Gasteiger partial charge in [-0.2, -0.15) is 0 Å². The Labute approximate surface area is 158 Å². The Morgan fingerprint density at radius 2 is 1.89 bits per heavy atom. The first kappa shape index (κ1) is 18.7. The van der Waals surface area contributed by atoms with Crippen molar-refractivity contribution in [1.82, 2.24) is 14.9 Å². The molecule has 1 atom stereocenters. The number of rotatable bonds is 6. The number of aliphatic hydroxyl groups excluding tert-OH is 1. The van der Waals surface area contributed by atoms with Gasteiger partial charge in [-0.1, -0.05) is 6.07 Å². The molecular formula is C20H23N4O3+. The number of nitrogens with zero attached hydrogens (tertiary/aromatic N) is 3. The van der Waals surface area contributed by atoms with Crippen LogP contribution in [0.5, 0.6) is 0 Å². The van der Waals surface area contributed by atoms with Crippen LogP contribution in [-0.2, 0) is 9.59 Å². The van der Waals surface area contributed by atoms with Crippen molar-refractivity contribution in [3.05, 3.63) is 65.8 Å². The average Bonchev–Trinajstić information content (AvgIpc) is 2.93. The molecule has 1 aliphatic rings. The highest BCUT2D eigenvalue weighted by Crippen LogP contribution is 2.38. The van der Waals surface area contributed by atoms with E-state index in [-0.39, 0.29) is 11.3 Å². The Bertz CT molecular complexity index is 850. The van der Waals surface area contributed by atoms with Gasteiger partial charge in [-0.25, -0.2) is 0 Å². The van der Waals surface area contributed by atoms with Crippen LogP contribution in [0.3, 0.4) is 0 Å².